The Balaban J connectivity index is 0. The standard InChI is InChI=1S/C3HF5O4S.FH/c4-2(1(9)10,3(5,6)7)13(8,11)12;/h(H,9,10);1H. The summed E-state index contributed by atoms with van der Waals surface area (Å²) in [6.45, 7) is 0. The number of carboxylic acids is 1. The molecule has 1 unspecified atom stereocenters. The molecule has 0 spiro atoms. The van der Waals surface area contributed by atoms with Crippen molar-refractivity contribution in [3.8, 4) is 0 Å². The van der Waals surface area contributed by atoms with Gasteiger partial charge in [-0.1, -0.05) is 0 Å². The van der Waals surface area contributed by atoms with Crippen LogP contribution >= 0.6 is 0 Å². The summed E-state index contributed by atoms with van der Waals surface area (Å²) in [5.74, 6) is -3.47. The van der Waals surface area contributed by atoms with Crippen molar-refractivity contribution >= 4 is 16.2 Å². The van der Waals surface area contributed by atoms with E-state index in [1.807, 2.05) is 0 Å². The highest BCUT2D eigenvalue weighted by Gasteiger charge is 2.72. The summed E-state index contributed by atoms with van der Waals surface area (Å²) in [7, 11) is -6.91. The highest BCUT2D eigenvalue weighted by Crippen LogP contribution is 2.39. The molecule has 86 valence electrons. The van der Waals surface area contributed by atoms with Crippen LogP contribution in [0.15, 0.2) is 0 Å². The average molecular weight is 248 g/mol. The molecule has 0 aliphatic carbocycles. The number of halogens is 6. The summed E-state index contributed by atoms with van der Waals surface area (Å²) in [6, 6.07) is 0. The lowest BCUT2D eigenvalue weighted by molar-refractivity contribution is -0.210. The highest BCUT2D eigenvalue weighted by molar-refractivity contribution is 7.88. The lowest BCUT2D eigenvalue weighted by Crippen LogP contribution is -2.52. The van der Waals surface area contributed by atoms with E-state index in [-0.39, 0.29) is 4.70 Å². The summed E-state index contributed by atoms with van der Waals surface area (Å²) >= 11 is 0. The molecule has 0 aromatic heterocycles. The zero-order valence-corrected chi connectivity index (χ0v) is 6.69. The van der Waals surface area contributed by atoms with Crippen LogP contribution < -0.4 is 0 Å². The van der Waals surface area contributed by atoms with Crippen molar-refractivity contribution in [1.29, 1.82) is 0 Å². The highest BCUT2D eigenvalue weighted by atomic mass is 32.3. The second-order valence-corrected chi connectivity index (χ2v) is 3.27. The molecule has 0 fully saturated rings. The van der Waals surface area contributed by atoms with Gasteiger partial charge in [0.25, 0.3) is 0 Å². The van der Waals surface area contributed by atoms with Gasteiger partial charge in [0.2, 0.25) is 0 Å². The zero-order chi connectivity index (χ0) is 11.1. The molecule has 0 aliphatic rings. The van der Waals surface area contributed by atoms with Crippen LogP contribution in [0.3, 0.4) is 0 Å². The van der Waals surface area contributed by atoms with Gasteiger partial charge in [-0.25, -0.2) is 9.18 Å². The number of rotatable bonds is 2. The first-order chi connectivity index (χ1) is 5.44. The Kier molecular flexibility index (Phi) is 4.01. The van der Waals surface area contributed by atoms with E-state index in [4.69, 9.17) is 5.11 Å². The molecule has 0 aliphatic heterocycles. The topological polar surface area (TPSA) is 71.4 Å². The van der Waals surface area contributed by atoms with Gasteiger partial charge in [0.05, 0.1) is 0 Å². The van der Waals surface area contributed by atoms with Gasteiger partial charge in [0.15, 0.2) is 0 Å². The summed E-state index contributed by atoms with van der Waals surface area (Å²) in [5.41, 5.74) is 0. The number of carbonyl (C=O) groups is 1. The first-order valence-electron chi connectivity index (χ1n) is 2.38. The van der Waals surface area contributed by atoms with E-state index in [1.54, 1.807) is 0 Å². The van der Waals surface area contributed by atoms with Gasteiger partial charge in [-0.2, -0.15) is 21.6 Å². The summed E-state index contributed by atoms with van der Waals surface area (Å²) < 4.78 is 77.5. The van der Waals surface area contributed by atoms with Gasteiger partial charge in [-0.05, 0) is 0 Å². The number of alkyl halides is 4. The van der Waals surface area contributed by atoms with Crippen molar-refractivity contribution in [2.24, 2.45) is 0 Å². The van der Waals surface area contributed by atoms with E-state index in [2.05, 4.69) is 0 Å². The third kappa shape index (κ3) is 2.08. The maximum Gasteiger partial charge on any atom is 0.451 e. The lowest BCUT2D eigenvalue weighted by atomic mass is 10.4. The monoisotopic (exact) mass is 248 g/mol. The predicted octanol–water partition coefficient (Wildman–Crippen LogP) is 0.751. The Morgan fingerprint density at radius 1 is 1.14 bits per heavy atom. The van der Waals surface area contributed by atoms with Gasteiger partial charge in [-0.15, -0.1) is 3.89 Å². The minimum Gasteiger partial charge on any atom is -0.478 e. The maximum atomic E-state index is 12.2. The fraction of sp³-hybridized carbons (Fsp3) is 0.667. The Hall–Kier alpha value is -1.00. The fourth-order valence-corrected chi connectivity index (χ4v) is 0.849. The van der Waals surface area contributed by atoms with Gasteiger partial charge < -0.3 is 5.11 Å². The molecule has 0 radical (unpaired) electrons. The van der Waals surface area contributed by atoms with Gasteiger partial charge in [0.1, 0.15) is 0 Å². The molecule has 0 saturated heterocycles. The van der Waals surface area contributed by atoms with Gasteiger partial charge in [-0.3, -0.25) is 4.70 Å². The molecule has 11 heteroatoms. The van der Waals surface area contributed by atoms with E-state index in [0.29, 0.717) is 0 Å². The number of hydrogen-bond acceptors (Lipinski definition) is 3. The zero-order valence-electron chi connectivity index (χ0n) is 5.88. The molecule has 0 aromatic rings. The molecule has 0 heterocycles. The second kappa shape index (κ2) is 3.63. The van der Waals surface area contributed by atoms with Crippen LogP contribution in [0.1, 0.15) is 0 Å². The van der Waals surface area contributed by atoms with Crippen LogP contribution in [-0.4, -0.2) is 30.7 Å². The minimum atomic E-state index is -6.91. The van der Waals surface area contributed by atoms with Crippen molar-refractivity contribution in [3.63, 3.8) is 0 Å². The lowest BCUT2D eigenvalue weighted by Gasteiger charge is -2.18. The molecular weight excluding hydrogens is 246 g/mol. The van der Waals surface area contributed by atoms with Crippen molar-refractivity contribution in [2.75, 3.05) is 0 Å². The van der Waals surface area contributed by atoms with E-state index in [0.717, 1.165) is 0 Å². The van der Waals surface area contributed by atoms with E-state index in [1.165, 1.54) is 0 Å². The van der Waals surface area contributed by atoms with E-state index < -0.39 is 27.4 Å². The molecule has 0 amide bonds. The van der Waals surface area contributed by atoms with Crippen LogP contribution in [0.25, 0.3) is 0 Å². The smallest absolute Gasteiger partial charge is 0.451 e. The average Bonchev–Trinajstić information content (AvgIpc) is 1.80. The molecule has 0 saturated carbocycles. The number of carboxylic acid groups (broad SMARTS) is 1. The molecule has 1 N–H and O–H groups in total. The largest absolute Gasteiger partial charge is 0.478 e. The van der Waals surface area contributed by atoms with Crippen molar-refractivity contribution in [2.45, 2.75) is 11.2 Å². The Morgan fingerprint density at radius 2 is 1.43 bits per heavy atom. The van der Waals surface area contributed by atoms with Crippen LogP contribution in [0, 0.1) is 0 Å². The quantitative estimate of drug-likeness (QED) is 0.578. The van der Waals surface area contributed by atoms with Crippen molar-refractivity contribution in [3.05, 3.63) is 0 Å². The van der Waals surface area contributed by atoms with Crippen LogP contribution in [0.2, 0.25) is 0 Å². The normalized spacial score (nSPS) is 16.6. The summed E-state index contributed by atoms with van der Waals surface area (Å²) in [5, 5.41) is 1.69. The van der Waals surface area contributed by atoms with Crippen LogP contribution in [0.4, 0.5) is 26.2 Å². The molecule has 1 atom stereocenters. The van der Waals surface area contributed by atoms with Crippen LogP contribution in [0.5, 0.6) is 0 Å². The second-order valence-electron chi connectivity index (χ2n) is 1.84. The van der Waals surface area contributed by atoms with E-state index >= 15 is 0 Å². The molecule has 4 nitrogen and oxygen atoms in total. The predicted molar refractivity (Wildman–Crippen MR) is 30.1 cm³/mol. The molecule has 0 bridgehead atoms. The molecule has 0 rings (SSSR count). The minimum absolute atomic E-state index is 0. The molecule has 0 aromatic carbocycles. The third-order valence-electron chi connectivity index (χ3n) is 0.976. The molecule has 14 heavy (non-hydrogen) atoms. The van der Waals surface area contributed by atoms with Gasteiger partial charge >= 0.3 is 27.4 Å². The van der Waals surface area contributed by atoms with Crippen molar-refractivity contribution in [1.82, 2.24) is 0 Å². The fourth-order valence-electron chi connectivity index (χ4n) is 0.364. The first-order valence-corrected chi connectivity index (χ1v) is 3.76. The Labute approximate surface area is 72.9 Å². The Bertz CT molecular complexity index is 318. The summed E-state index contributed by atoms with van der Waals surface area (Å²) in [4.78, 5) is 9.60. The number of aliphatic carboxylic acids is 1. The Morgan fingerprint density at radius 3 is 1.43 bits per heavy atom. The first kappa shape index (κ1) is 15.5. The van der Waals surface area contributed by atoms with Gasteiger partial charge in [0, 0.05) is 0 Å². The van der Waals surface area contributed by atoms with E-state index in [9.17, 15) is 34.7 Å². The molecular formula is C3H2F6O4S. The van der Waals surface area contributed by atoms with Crippen LogP contribution in [-0.2, 0) is 15.0 Å². The van der Waals surface area contributed by atoms with Crippen molar-refractivity contribution < 1.29 is 44.5 Å². The SMILES string of the molecule is F.O=C(O)C(F)(C(F)(F)F)S(=O)(=O)F. The summed E-state index contributed by atoms with van der Waals surface area (Å²) in [6.07, 6.45) is -6.37. The maximum absolute atomic E-state index is 12.2. The third-order valence-corrected chi connectivity index (χ3v) is 2.05. The number of hydrogen-bond donors (Lipinski definition) is 1.